The molecule has 5 rings (SSSR count). The van der Waals surface area contributed by atoms with Gasteiger partial charge in [-0.25, -0.2) is 19.9 Å². The summed E-state index contributed by atoms with van der Waals surface area (Å²) in [7, 11) is 5.84. The first-order valence-corrected chi connectivity index (χ1v) is 12.6. The van der Waals surface area contributed by atoms with E-state index < -0.39 is 0 Å². The third kappa shape index (κ3) is 4.94. The molecule has 3 N–H and O–H groups in total. The molecule has 0 aliphatic heterocycles. The highest BCUT2D eigenvalue weighted by molar-refractivity contribution is 6.08. The molecule has 3 aromatic heterocycles. The van der Waals surface area contributed by atoms with E-state index in [-0.39, 0.29) is 11.9 Å². The lowest BCUT2D eigenvalue weighted by molar-refractivity contribution is -0.112. The summed E-state index contributed by atoms with van der Waals surface area (Å²) in [5.74, 6) is 0.769. The van der Waals surface area contributed by atoms with Gasteiger partial charge < -0.3 is 25.3 Å². The fourth-order valence-corrected chi connectivity index (χ4v) is 4.53. The van der Waals surface area contributed by atoms with Gasteiger partial charge in [-0.05, 0) is 55.3 Å². The van der Waals surface area contributed by atoms with Crippen molar-refractivity contribution in [3.8, 4) is 34.1 Å². The van der Waals surface area contributed by atoms with Crippen LogP contribution in [0.4, 0.5) is 17.2 Å². The molecule has 3 heterocycles. The molecule has 0 spiro atoms. The Morgan fingerprint density at radius 2 is 1.77 bits per heavy atom. The van der Waals surface area contributed by atoms with Gasteiger partial charge in [-0.15, -0.1) is 0 Å². The SMILES string of the molecule is C=C(C)C(=O)Nc1ccc(-c2c(-c3ccc(Oc4nccc(C)n4)c(N(C)C)c3)c3c(N)ncnc3n2C)cc1. The summed E-state index contributed by atoms with van der Waals surface area (Å²) >= 11 is 0. The van der Waals surface area contributed by atoms with Gasteiger partial charge in [-0.3, -0.25) is 4.79 Å². The van der Waals surface area contributed by atoms with Crippen molar-refractivity contribution >= 4 is 34.1 Å². The Morgan fingerprint density at radius 3 is 2.45 bits per heavy atom. The van der Waals surface area contributed by atoms with Gasteiger partial charge in [-0.2, -0.15) is 0 Å². The van der Waals surface area contributed by atoms with E-state index in [4.69, 9.17) is 10.5 Å². The third-order valence-corrected chi connectivity index (χ3v) is 6.50. The summed E-state index contributed by atoms with van der Waals surface area (Å²) in [5.41, 5.74) is 13.5. The average molecular weight is 535 g/mol. The first kappa shape index (κ1) is 26.4. The number of benzene rings is 2. The van der Waals surface area contributed by atoms with Crippen LogP contribution in [0.15, 0.2) is 73.2 Å². The second kappa shape index (κ2) is 10.5. The number of nitrogens with one attached hydrogen (secondary N) is 1. The van der Waals surface area contributed by atoms with Gasteiger partial charge in [0.25, 0.3) is 5.91 Å². The molecule has 1 amide bonds. The molecule has 10 heteroatoms. The number of rotatable bonds is 7. The van der Waals surface area contributed by atoms with Crippen molar-refractivity contribution in [2.24, 2.45) is 7.05 Å². The highest BCUT2D eigenvalue weighted by atomic mass is 16.5. The lowest BCUT2D eigenvalue weighted by Crippen LogP contribution is -2.11. The minimum Gasteiger partial charge on any atom is -0.422 e. The highest BCUT2D eigenvalue weighted by Crippen LogP contribution is 2.44. The fourth-order valence-electron chi connectivity index (χ4n) is 4.53. The molecule has 0 aliphatic rings. The van der Waals surface area contributed by atoms with Crippen LogP contribution < -0.4 is 20.7 Å². The molecule has 202 valence electrons. The Hall–Kier alpha value is -5.25. The first-order chi connectivity index (χ1) is 19.1. The maximum Gasteiger partial charge on any atom is 0.322 e. The molecule has 0 unspecified atom stereocenters. The van der Waals surface area contributed by atoms with E-state index in [9.17, 15) is 4.79 Å². The van der Waals surface area contributed by atoms with Gasteiger partial charge in [0, 0.05) is 49.9 Å². The summed E-state index contributed by atoms with van der Waals surface area (Å²) in [5, 5.41) is 3.60. The van der Waals surface area contributed by atoms with E-state index in [1.807, 2.05) is 86.1 Å². The number of amides is 1. The van der Waals surface area contributed by atoms with Crippen LogP contribution in [0.3, 0.4) is 0 Å². The zero-order valence-corrected chi connectivity index (χ0v) is 23.1. The highest BCUT2D eigenvalue weighted by Gasteiger charge is 2.23. The van der Waals surface area contributed by atoms with E-state index in [1.54, 1.807) is 13.1 Å². The van der Waals surface area contributed by atoms with Crippen molar-refractivity contribution in [1.82, 2.24) is 24.5 Å². The van der Waals surface area contributed by atoms with Crippen molar-refractivity contribution in [2.75, 3.05) is 30.0 Å². The molecular formula is C30H30N8O2. The van der Waals surface area contributed by atoms with E-state index >= 15 is 0 Å². The van der Waals surface area contributed by atoms with Gasteiger partial charge in [0.1, 0.15) is 17.8 Å². The lowest BCUT2D eigenvalue weighted by Gasteiger charge is -2.19. The van der Waals surface area contributed by atoms with Gasteiger partial charge in [0.2, 0.25) is 0 Å². The topological polar surface area (TPSA) is 124 Å². The van der Waals surface area contributed by atoms with E-state index in [2.05, 4.69) is 31.8 Å². The molecule has 40 heavy (non-hydrogen) atoms. The Morgan fingerprint density at radius 1 is 1.05 bits per heavy atom. The normalized spacial score (nSPS) is 10.9. The molecule has 0 saturated heterocycles. The molecular weight excluding hydrogens is 504 g/mol. The van der Waals surface area contributed by atoms with Crippen LogP contribution in [-0.4, -0.2) is 44.5 Å². The molecule has 10 nitrogen and oxygen atoms in total. The van der Waals surface area contributed by atoms with Crippen molar-refractivity contribution in [1.29, 1.82) is 0 Å². The van der Waals surface area contributed by atoms with Crippen molar-refractivity contribution < 1.29 is 9.53 Å². The van der Waals surface area contributed by atoms with Crippen molar-refractivity contribution in [3.63, 3.8) is 0 Å². The van der Waals surface area contributed by atoms with Crippen molar-refractivity contribution in [3.05, 3.63) is 78.9 Å². The fraction of sp³-hybridized carbons (Fsp3) is 0.167. The molecule has 5 aromatic rings. The zero-order chi connectivity index (χ0) is 28.6. The summed E-state index contributed by atoms with van der Waals surface area (Å²) in [4.78, 5) is 31.5. The summed E-state index contributed by atoms with van der Waals surface area (Å²) < 4.78 is 8.08. The summed E-state index contributed by atoms with van der Waals surface area (Å²) in [6, 6.07) is 15.6. The number of ether oxygens (including phenoxy) is 1. The van der Waals surface area contributed by atoms with Crippen LogP contribution in [0.25, 0.3) is 33.4 Å². The van der Waals surface area contributed by atoms with Crippen molar-refractivity contribution in [2.45, 2.75) is 13.8 Å². The molecule has 0 saturated carbocycles. The molecule has 0 fully saturated rings. The Kier molecular flexibility index (Phi) is 6.91. The number of nitrogens with two attached hydrogens (primary N) is 1. The van der Waals surface area contributed by atoms with Crippen LogP contribution in [0, 0.1) is 6.92 Å². The number of anilines is 3. The number of aromatic nitrogens is 5. The zero-order valence-electron chi connectivity index (χ0n) is 23.1. The maximum atomic E-state index is 12.1. The number of nitrogen functional groups attached to an aromatic ring is 1. The number of carbonyl (C=O) groups is 1. The number of hydrogen-bond acceptors (Lipinski definition) is 8. The predicted octanol–water partition coefficient (Wildman–Crippen LogP) is 5.36. The standard InChI is InChI=1S/C30H30N8O2/c1-17(2)29(39)36-21-10-7-19(8-11-21)26-24(25-27(31)33-16-34-28(25)38(26)6)20-9-12-23(22(15-20)37(4)5)40-30-32-14-13-18(3)35-30/h7-16H,1H2,2-6H3,(H,36,39)(H2,31,33,34). The van der Waals surface area contributed by atoms with Crippen LogP contribution in [0.1, 0.15) is 12.6 Å². The quantitative estimate of drug-likeness (QED) is 0.268. The Bertz CT molecular complexity index is 1760. The first-order valence-electron chi connectivity index (χ1n) is 12.6. The van der Waals surface area contributed by atoms with E-state index in [0.717, 1.165) is 39.2 Å². The van der Waals surface area contributed by atoms with Crippen LogP contribution in [0.5, 0.6) is 11.8 Å². The number of fused-ring (bicyclic) bond motifs is 1. The summed E-state index contributed by atoms with van der Waals surface area (Å²) in [6.07, 6.45) is 3.13. The third-order valence-electron chi connectivity index (χ3n) is 6.50. The summed E-state index contributed by atoms with van der Waals surface area (Å²) in [6.45, 7) is 7.26. The molecule has 0 bridgehead atoms. The number of nitrogens with zero attached hydrogens (tertiary/aromatic N) is 6. The van der Waals surface area contributed by atoms with Gasteiger partial charge in [0.15, 0.2) is 5.75 Å². The monoisotopic (exact) mass is 534 g/mol. The second-order valence-electron chi connectivity index (χ2n) is 9.71. The molecule has 0 radical (unpaired) electrons. The van der Waals surface area contributed by atoms with E-state index in [1.165, 1.54) is 6.33 Å². The predicted molar refractivity (Wildman–Crippen MR) is 158 cm³/mol. The minimum absolute atomic E-state index is 0.226. The Labute approximate surface area is 232 Å². The maximum absolute atomic E-state index is 12.1. The Balaban J connectivity index is 1.66. The minimum atomic E-state index is -0.226. The molecule has 0 aliphatic carbocycles. The molecule has 0 atom stereocenters. The van der Waals surface area contributed by atoms with Gasteiger partial charge >= 0.3 is 6.01 Å². The smallest absolute Gasteiger partial charge is 0.322 e. The average Bonchev–Trinajstić information content (AvgIpc) is 3.22. The lowest BCUT2D eigenvalue weighted by atomic mass is 9.97. The van der Waals surface area contributed by atoms with E-state index in [0.29, 0.717) is 28.5 Å². The van der Waals surface area contributed by atoms with Crippen LogP contribution in [0.2, 0.25) is 0 Å². The van der Waals surface area contributed by atoms with Crippen LogP contribution >= 0.6 is 0 Å². The largest absolute Gasteiger partial charge is 0.422 e. The number of hydrogen-bond donors (Lipinski definition) is 2. The number of carbonyl (C=O) groups excluding carboxylic acids is 1. The number of aryl methyl sites for hydroxylation is 2. The van der Waals surface area contributed by atoms with Crippen LogP contribution in [-0.2, 0) is 11.8 Å². The van der Waals surface area contributed by atoms with Gasteiger partial charge in [-0.1, -0.05) is 24.8 Å². The van der Waals surface area contributed by atoms with Gasteiger partial charge in [0.05, 0.1) is 16.8 Å². The molecule has 2 aromatic carbocycles. The second-order valence-corrected chi connectivity index (χ2v) is 9.71.